The van der Waals surface area contributed by atoms with Crippen molar-refractivity contribution in [2.45, 2.75) is 32.7 Å². The molecule has 208 valence electrons. The lowest BCUT2D eigenvalue weighted by Crippen LogP contribution is -2.31. The molecule has 2 atom stereocenters. The summed E-state index contributed by atoms with van der Waals surface area (Å²) in [6, 6.07) is 17.7. The van der Waals surface area contributed by atoms with E-state index >= 15 is 0 Å². The summed E-state index contributed by atoms with van der Waals surface area (Å²) < 4.78 is 13.4. The van der Waals surface area contributed by atoms with Crippen LogP contribution in [0.5, 0.6) is 11.5 Å². The number of methoxy groups -OCH3 is 2. The molecule has 40 heavy (non-hydrogen) atoms. The van der Waals surface area contributed by atoms with Gasteiger partial charge in [0.1, 0.15) is 11.3 Å². The van der Waals surface area contributed by atoms with Crippen LogP contribution >= 0.6 is 0 Å². The quantitative estimate of drug-likeness (QED) is 0.269. The Hall–Kier alpha value is -3.58. The third-order valence-electron chi connectivity index (χ3n) is 8.84. The van der Waals surface area contributed by atoms with Crippen molar-refractivity contribution in [1.29, 1.82) is 0 Å². The van der Waals surface area contributed by atoms with Crippen LogP contribution < -0.4 is 14.4 Å². The van der Waals surface area contributed by atoms with E-state index in [-0.39, 0.29) is 0 Å². The second-order valence-electron chi connectivity index (χ2n) is 12.2. The lowest BCUT2D eigenvalue weighted by atomic mass is 10.0. The number of aromatic nitrogens is 3. The molecule has 2 aromatic carbocycles. The highest BCUT2D eigenvalue weighted by atomic mass is 16.5. The highest BCUT2D eigenvalue weighted by Gasteiger charge is 2.40. The van der Waals surface area contributed by atoms with E-state index in [1.807, 2.05) is 18.3 Å². The molecule has 0 radical (unpaired) electrons. The van der Waals surface area contributed by atoms with Gasteiger partial charge >= 0.3 is 0 Å². The van der Waals surface area contributed by atoms with Gasteiger partial charge in [-0.3, -0.25) is 4.98 Å². The number of imidazole rings is 1. The second kappa shape index (κ2) is 10.1. The fourth-order valence-electron chi connectivity index (χ4n) is 6.85. The molecule has 1 saturated carbocycles. The topological polar surface area (TPSA) is 55.7 Å². The molecule has 4 aromatic rings. The summed E-state index contributed by atoms with van der Waals surface area (Å²) in [5.74, 6) is 4.73. The Kier molecular flexibility index (Phi) is 6.42. The van der Waals surface area contributed by atoms with Crippen LogP contribution in [0.15, 0.2) is 54.7 Å². The largest absolute Gasteiger partial charge is 0.493 e. The Labute approximate surface area is 236 Å². The molecule has 0 N–H and O–H groups in total. The van der Waals surface area contributed by atoms with Gasteiger partial charge in [-0.15, -0.1) is 0 Å². The highest BCUT2D eigenvalue weighted by molar-refractivity contribution is 5.84. The molecule has 0 unspecified atom stereocenters. The Balaban J connectivity index is 1.14. The molecule has 7 nitrogen and oxygen atoms in total. The number of hydrogen-bond acceptors (Lipinski definition) is 6. The molecule has 7 rings (SSSR count). The smallest absolute Gasteiger partial charge is 0.161 e. The SMILES string of the molecule is COc1ccc(-c2nc3cnc(-c4ccc(N5C[C@H]6CN(CC(C)C)C[C@H]6C5)cc4)cc3n2C2CC2)cc1OC. The Morgan fingerprint density at radius 1 is 0.850 bits per heavy atom. The third-order valence-corrected chi connectivity index (χ3v) is 8.84. The molecule has 0 amide bonds. The summed E-state index contributed by atoms with van der Waals surface area (Å²) in [5.41, 5.74) is 6.54. The van der Waals surface area contributed by atoms with E-state index in [4.69, 9.17) is 19.4 Å². The normalized spacial score (nSPS) is 21.0. The first-order chi connectivity index (χ1) is 19.5. The minimum absolute atomic E-state index is 0.469. The van der Waals surface area contributed by atoms with Crippen LogP contribution in [0.25, 0.3) is 33.7 Å². The van der Waals surface area contributed by atoms with Gasteiger partial charge in [0.2, 0.25) is 0 Å². The fraction of sp³-hybridized carbons (Fsp3) is 0.455. The zero-order chi connectivity index (χ0) is 27.4. The standard InChI is InChI=1S/C33H39N5O2/c1-21(2)16-36-17-24-19-37(20-25(24)18-36)26-8-5-22(6-9-26)28-14-30-29(15-34-28)35-33(38(30)27-10-11-27)23-7-12-31(39-3)32(13-23)40-4/h5-9,12-15,21,24-25,27H,10-11,16-20H2,1-4H3/t24-,25+. The molecule has 7 heteroatoms. The van der Waals surface area contributed by atoms with Gasteiger partial charge in [0, 0.05) is 55.6 Å². The second-order valence-corrected chi connectivity index (χ2v) is 12.2. The summed E-state index contributed by atoms with van der Waals surface area (Å²) in [6.45, 7) is 10.7. The van der Waals surface area contributed by atoms with Crippen molar-refractivity contribution in [1.82, 2.24) is 19.4 Å². The van der Waals surface area contributed by atoms with Crippen molar-refractivity contribution in [3.8, 4) is 34.1 Å². The summed E-state index contributed by atoms with van der Waals surface area (Å²) in [5, 5.41) is 0. The first-order valence-electron chi connectivity index (χ1n) is 14.7. The first-order valence-corrected chi connectivity index (χ1v) is 14.7. The molecule has 4 heterocycles. The minimum Gasteiger partial charge on any atom is -0.493 e. The van der Waals surface area contributed by atoms with Gasteiger partial charge in [0.25, 0.3) is 0 Å². The number of ether oxygens (including phenoxy) is 2. The molecule has 2 saturated heterocycles. The van der Waals surface area contributed by atoms with Crippen LogP contribution in [0.3, 0.4) is 0 Å². The number of hydrogen-bond donors (Lipinski definition) is 0. The molecule has 0 bridgehead atoms. The van der Waals surface area contributed by atoms with Crippen molar-refractivity contribution >= 4 is 16.7 Å². The van der Waals surface area contributed by atoms with Crippen LogP contribution in [0.2, 0.25) is 0 Å². The Morgan fingerprint density at radius 3 is 2.20 bits per heavy atom. The molecular weight excluding hydrogens is 498 g/mol. The summed E-state index contributed by atoms with van der Waals surface area (Å²) in [6.07, 6.45) is 4.27. The van der Waals surface area contributed by atoms with E-state index < -0.39 is 0 Å². The Bertz CT molecular complexity index is 1510. The predicted octanol–water partition coefficient (Wildman–Crippen LogP) is 6.14. The summed E-state index contributed by atoms with van der Waals surface area (Å²) in [4.78, 5) is 15.1. The lowest BCUT2D eigenvalue weighted by molar-refractivity contribution is 0.280. The average Bonchev–Trinajstić information content (AvgIpc) is 3.46. The number of likely N-dealkylation sites (tertiary alicyclic amines) is 1. The van der Waals surface area contributed by atoms with E-state index in [2.05, 4.69) is 64.6 Å². The third kappa shape index (κ3) is 4.60. The van der Waals surface area contributed by atoms with E-state index in [9.17, 15) is 0 Å². The van der Waals surface area contributed by atoms with E-state index in [0.717, 1.165) is 57.2 Å². The summed E-state index contributed by atoms with van der Waals surface area (Å²) in [7, 11) is 3.33. The number of pyridine rings is 1. The molecule has 0 spiro atoms. The van der Waals surface area contributed by atoms with Gasteiger partial charge in [0.15, 0.2) is 11.5 Å². The molecule has 2 aliphatic heterocycles. The minimum atomic E-state index is 0.469. The maximum atomic E-state index is 5.57. The van der Waals surface area contributed by atoms with E-state index in [1.165, 1.54) is 51.3 Å². The van der Waals surface area contributed by atoms with Crippen LogP contribution in [-0.2, 0) is 0 Å². The summed E-state index contributed by atoms with van der Waals surface area (Å²) >= 11 is 0. The van der Waals surface area contributed by atoms with Crippen LogP contribution in [0.4, 0.5) is 5.69 Å². The maximum Gasteiger partial charge on any atom is 0.161 e. The molecule has 3 aliphatic rings. The molecular formula is C33H39N5O2. The zero-order valence-electron chi connectivity index (χ0n) is 24.0. The van der Waals surface area contributed by atoms with Gasteiger partial charge in [-0.2, -0.15) is 0 Å². The van der Waals surface area contributed by atoms with Crippen molar-refractivity contribution in [2.75, 3.05) is 51.8 Å². The van der Waals surface area contributed by atoms with Crippen LogP contribution in [0.1, 0.15) is 32.7 Å². The number of nitrogens with zero attached hydrogens (tertiary/aromatic N) is 5. The number of benzene rings is 2. The Morgan fingerprint density at radius 2 is 1.55 bits per heavy atom. The van der Waals surface area contributed by atoms with Gasteiger partial charge in [-0.1, -0.05) is 26.0 Å². The first kappa shape index (κ1) is 25.4. The molecule has 2 aromatic heterocycles. The predicted molar refractivity (Wildman–Crippen MR) is 160 cm³/mol. The maximum absolute atomic E-state index is 5.57. The molecule has 1 aliphatic carbocycles. The van der Waals surface area contributed by atoms with E-state index in [1.54, 1.807) is 14.2 Å². The highest BCUT2D eigenvalue weighted by Crippen LogP contribution is 2.43. The van der Waals surface area contributed by atoms with Gasteiger partial charge in [-0.25, -0.2) is 4.98 Å². The lowest BCUT2D eigenvalue weighted by Gasteiger charge is -2.24. The zero-order valence-corrected chi connectivity index (χ0v) is 24.0. The average molecular weight is 538 g/mol. The molecule has 3 fully saturated rings. The van der Waals surface area contributed by atoms with Crippen LogP contribution in [0, 0.1) is 17.8 Å². The van der Waals surface area contributed by atoms with Crippen molar-refractivity contribution in [2.24, 2.45) is 17.8 Å². The van der Waals surface area contributed by atoms with Crippen molar-refractivity contribution < 1.29 is 9.47 Å². The fourth-order valence-corrected chi connectivity index (χ4v) is 6.85. The number of anilines is 1. The van der Waals surface area contributed by atoms with Gasteiger partial charge < -0.3 is 23.8 Å². The number of rotatable bonds is 8. The van der Waals surface area contributed by atoms with Gasteiger partial charge in [0.05, 0.1) is 31.6 Å². The van der Waals surface area contributed by atoms with Crippen LogP contribution in [-0.4, -0.2) is 66.4 Å². The van der Waals surface area contributed by atoms with E-state index in [0.29, 0.717) is 11.8 Å². The number of fused-ring (bicyclic) bond motifs is 2. The van der Waals surface area contributed by atoms with Crippen molar-refractivity contribution in [3.05, 3.63) is 54.7 Å². The monoisotopic (exact) mass is 537 g/mol. The van der Waals surface area contributed by atoms with Crippen molar-refractivity contribution in [3.63, 3.8) is 0 Å². The van der Waals surface area contributed by atoms with Gasteiger partial charge in [-0.05, 0) is 67.0 Å².